The minimum absolute atomic E-state index is 0.0436. The second kappa shape index (κ2) is 6.59. The molecule has 2 amide bonds. The number of hydrogen-bond acceptors (Lipinski definition) is 3. The topological polar surface area (TPSA) is 62.3 Å². The second-order valence-electron chi connectivity index (χ2n) is 6.62. The summed E-state index contributed by atoms with van der Waals surface area (Å²) in [5, 5.41) is 3.91. The highest BCUT2D eigenvalue weighted by Gasteiger charge is 2.28. The lowest BCUT2D eigenvalue weighted by molar-refractivity contribution is -0.119. The molecule has 1 atom stereocenters. The Morgan fingerprint density at radius 2 is 1.96 bits per heavy atom. The summed E-state index contributed by atoms with van der Waals surface area (Å²) in [5.74, 6) is -0.390. The molecule has 1 N–H and O–H groups in total. The number of para-hydroxylation sites is 3. The van der Waals surface area contributed by atoms with Crippen LogP contribution in [0.4, 0.5) is 11.4 Å². The van der Waals surface area contributed by atoms with Gasteiger partial charge < -0.3 is 10.2 Å². The number of pyridine rings is 1. The van der Waals surface area contributed by atoms with Gasteiger partial charge >= 0.3 is 0 Å². The van der Waals surface area contributed by atoms with Gasteiger partial charge in [0.2, 0.25) is 11.8 Å². The maximum Gasteiger partial charge on any atom is 0.231 e. The van der Waals surface area contributed by atoms with Crippen molar-refractivity contribution < 1.29 is 9.59 Å². The third kappa shape index (κ3) is 3.04. The van der Waals surface area contributed by atoms with Crippen LogP contribution in [0, 0.1) is 5.92 Å². The number of rotatable bonds is 2. The minimum atomic E-state index is -0.277. The molecule has 4 rings (SSSR count). The standard InChI is InChI=1S/C21H19N3O2/c1-14-13-24(19-9-5-4-8-18(19)23-21(14)26)20(25)11-15-10-16-6-2-3-7-17(16)22-12-15/h2-10,12,14H,11,13H2,1H3,(H,23,26). The second-order valence-corrected chi connectivity index (χ2v) is 6.62. The third-order valence-corrected chi connectivity index (χ3v) is 4.66. The molecule has 5 nitrogen and oxygen atoms in total. The maximum absolute atomic E-state index is 13.0. The highest BCUT2D eigenvalue weighted by atomic mass is 16.2. The first-order valence-corrected chi connectivity index (χ1v) is 8.66. The normalized spacial score (nSPS) is 16.7. The van der Waals surface area contributed by atoms with Gasteiger partial charge in [0.05, 0.1) is 29.2 Å². The Kier molecular flexibility index (Phi) is 4.13. The van der Waals surface area contributed by atoms with Gasteiger partial charge in [-0.1, -0.05) is 37.3 Å². The molecular weight excluding hydrogens is 326 g/mol. The molecule has 3 aromatic rings. The summed E-state index contributed by atoms with van der Waals surface area (Å²) in [6.07, 6.45) is 1.99. The third-order valence-electron chi connectivity index (χ3n) is 4.66. The fraction of sp³-hybridized carbons (Fsp3) is 0.190. The molecule has 0 bridgehead atoms. The van der Waals surface area contributed by atoms with E-state index >= 15 is 0 Å². The Bertz CT molecular complexity index is 999. The molecule has 0 radical (unpaired) electrons. The molecule has 0 spiro atoms. The number of carbonyl (C=O) groups excluding carboxylic acids is 2. The zero-order valence-corrected chi connectivity index (χ0v) is 14.5. The molecule has 0 saturated carbocycles. The van der Waals surface area contributed by atoms with Gasteiger partial charge in [0.25, 0.3) is 0 Å². The molecule has 26 heavy (non-hydrogen) atoms. The van der Waals surface area contributed by atoms with E-state index in [0.29, 0.717) is 12.2 Å². The summed E-state index contributed by atoms with van der Waals surface area (Å²) >= 11 is 0. The number of carbonyl (C=O) groups is 2. The summed E-state index contributed by atoms with van der Waals surface area (Å²) in [6.45, 7) is 2.20. The Hall–Kier alpha value is -3.21. The number of hydrogen-bond donors (Lipinski definition) is 1. The zero-order chi connectivity index (χ0) is 18.1. The van der Waals surface area contributed by atoms with Gasteiger partial charge in [-0.05, 0) is 29.8 Å². The van der Waals surface area contributed by atoms with Gasteiger partial charge in [-0.3, -0.25) is 14.6 Å². The van der Waals surface area contributed by atoms with Crippen LogP contribution in [0.25, 0.3) is 10.9 Å². The Morgan fingerprint density at radius 1 is 1.19 bits per heavy atom. The van der Waals surface area contributed by atoms with E-state index in [9.17, 15) is 9.59 Å². The maximum atomic E-state index is 13.0. The van der Waals surface area contributed by atoms with Crippen molar-refractivity contribution in [3.8, 4) is 0 Å². The number of benzene rings is 2. The van der Waals surface area contributed by atoms with Crippen molar-refractivity contribution in [3.05, 3.63) is 66.4 Å². The molecule has 130 valence electrons. The van der Waals surface area contributed by atoms with Crippen molar-refractivity contribution in [2.75, 3.05) is 16.8 Å². The summed E-state index contributed by atoms with van der Waals surface area (Å²) in [6, 6.07) is 17.3. The van der Waals surface area contributed by atoms with Crippen LogP contribution in [-0.4, -0.2) is 23.3 Å². The smallest absolute Gasteiger partial charge is 0.231 e. The van der Waals surface area contributed by atoms with Crippen LogP contribution in [0.15, 0.2) is 60.8 Å². The van der Waals surface area contributed by atoms with E-state index in [-0.39, 0.29) is 24.2 Å². The average molecular weight is 345 g/mol. The van der Waals surface area contributed by atoms with Crippen molar-refractivity contribution in [2.24, 2.45) is 5.92 Å². The lowest BCUT2D eigenvalue weighted by atomic mass is 10.1. The molecule has 0 fully saturated rings. The van der Waals surface area contributed by atoms with Crippen LogP contribution in [0.3, 0.4) is 0 Å². The van der Waals surface area contributed by atoms with Gasteiger partial charge in [-0.2, -0.15) is 0 Å². The van der Waals surface area contributed by atoms with Crippen LogP contribution in [0.2, 0.25) is 0 Å². The van der Waals surface area contributed by atoms with Crippen LogP contribution >= 0.6 is 0 Å². The van der Waals surface area contributed by atoms with E-state index in [2.05, 4.69) is 10.3 Å². The van der Waals surface area contributed by atoms with Gasteiger partial charge in [-0.15, -0.1) is 0 Å². The summed E-state index contributed by atoms with van der Waals surface area (Å²) < 4.78 is 0. The lowest BCUT2D eigenvalue weighted by Gasteiger charge is -2.23. The molecule has 2 aromatic carbocycles. The number of nitrogens with one attached hydrogen (secondary N) is 1. The summed E-state index contributed by atoms with van der Waals surface area (Å²) in [4.78, 5) is 31.4. The highest BCUT2D eigenvalue weighted by Crippen LogP contribution is 2.30. The van der Waals surface area contributed by atoms with Crippen molar-refractivity contribution in [1.82, 2.24) is 4.98 Å². The van der Waals surface area contributed by atoms with Crippen molar-refractivity contribution in [1.29, 1.82) is 0 Å². The van der Waals surface area contributed by atoms with Gasteiger partial charge in [-0.25, -0.2) is 0 Å². The Labute approximate surface area is 151 Å². The van der Waals surface area contributed by atoms with E-state index < -0.39 is 0 Å². The van der Waals surface area contributed by atoms with Crippen LogP contribution in [0.5, 0.6) is 0 Å². The Morgan fingerprint density at radius 3 is 2.85 bits per heavy atom. The highest BCUT2D eigenvalue weighted by molar-refractivity contribution is 6.05. The molecule has 0 saturated heterocycles. The first-order chi connectivity index (χ1) is 12.6. The quantitative estimate of drug-likeness (QED) is 0.774. The van der Waals surface area contributed by atoms with E-state index in [1.54, 1.807) is 11.1 Å². The molecule has 0 aliphatic carbocycles. The van der Waals surface area contributed by atoms with Crippen molar-refractivity contribution in [2.45, 2.75) is 13.3 Å². The number of nitrogens with zero attached hydrogens (tertiary/aromatic N) is 2. The summed E-state index contributed by atoms with van der Waals surface area (Å²) in [7, 11) is 0. The number of anilines is 2. The molecule has 1 unspecified atom stereocenters. The average Bonchev–Trinajstić information content (AvgIpc) is 2.78. The SMILES string of the molecule is CC1CN(C(=O)Cc2cnc3ccccc3c2)c2ccccc2NC1=O. The van der Waals surface area contributed by atoms with Gasteiger partial charge in [0.15, 0.2) is 0 Å². The zero-order valence-electron chi connectivity index (χ0n) is 14.5. The number of amides is 2. The fourth-order valence-corrected chi connectivity index (χ4v) is 3.25. The Balaban J connectivity index is 1.64. The molecular formula is C21H19N3O2. The predicted octanol–water partition coefficient (Wildman–Crippen LogP) is 3.40. The molecule has 1 aliphatic rings. The molecule has 1 aromatic heterocycles. The predicted molar refractivity (Wildman–Crippen MR) is 102 cm³/mol. The molecule has 5 heteroatoms. The van der Waals surface area contributed by atoms with Crippen LogP contribution in [0.1, 0.15) is 12.5 Å². The van der Waals surface area contributed by atoms with Crippen LogP contribution in [-0.2, 0) is 16.0 Å². The van der Waals surface area contributed by atoms with Gasteiger partial charge in [0.1, 0.15) is 0 Å². The molecule has 1 aliphatic heterocycles. The minimum Gasteiger partial charge on any atom is -0.324 e. The largest absolute Gasteiger partial charge is 0.324 e. The fourth-order valence-electron chi connectivity index (χ4n) is 3.25. The number of fused-ring (bicyclic) bond motifs is 2. The monoisotopic (exact) mass is 345 g/mol. The van der Waals surface area contributed by atoms with E-state index in [1.165, 1.54) is 0 Å². The summed E-state index contributed by atoms with van der Waals surface area (Å²) in [5.41, 5.74) is 3.19. The number of aromatic nitrogens is 1. The van der Waals surface area contributed by atoms with Crippen molar-refractivity contribution >= 4 is 34.1 Å². The lowest BCUT2D eigenvalue weighted by Crippen LogP contribution is -2.36. The van der Waals surface area contributed by atoms with E-state index in [4.69, 9.17) is 0 Å². The van der Waals surface area contributed by atoms with Crippen molar-refractivity contribution in [3.63, 3.8) is 0 Å². The van der Waals surface area contributed by atoms with E-state index in [1.807, 2.05) is 61.5 Å². The van der Waals surface area contributed by atoms with E-state index in [0.717, 1.165) is 22.2 Å². The molecule has 2 heterocycles. The first-order valence-electron chi connectivity index (χ1n) is 8.66. The first kappa shape index (κ1) is 16.3. The van der Waals surface area contributed by atoms with Crippen LogP contribution < -0.4 is 10.2 Å². The van der Waals surface area contributed by atoms with Gasteiger partial charge in [0, 0.05) is 18.1 Å².